The highest BCUT2D eigenvalue weighted by molar-refractivity contribution is 5.39. The Balaban J connectivity index is 1.89. The molecular formula is C19H32NO3+. The molecule has 1 unspecified atom stereocenters. The molecule has 0 spiro atoms. The van der Waals surface area contributed by atoms with Gasteiger partial charge in [-0.05, 0) is 43.9 Å². The second-order valence-corrected chi connectivity index (χ2v) is 7.28. The van der Waals surface area contributed by atoms with Crippen LogP contribution in [0.4, 0.5) is 0 Å². The Labute approximate surface area is 140 Å². The third-order valence-corrected chi connectivity index (χ3v) is 4.36. The highest BCUT2D eigenvalue weighted by atomic mass is 16.5. The smallest absolute Gasteiger partial charge is 0.137 e. The largest absolute Gasteiger partial charge is 0.490 e. The van der Waals surface area contributed by atoms with E-state index in [0.717, 1.165) is 18.8 Å². The average Bonchev–Trinajstić information content (AvgIpc) is 2.43. The Morgan fingerprint density at radius 1 is 1.26 bits per heavy atom. The molecule has 23 heavy (non-hydrogen) atoms. The maximum atomic E-state index is 10.3. The molecule has 0 aromatic heterocycles. The van der Waals surface area contributed by atoms with Crippen LogP contribution in [0.2, 0.25) is 0 Å². The number of morpholine rings is 1. The van der Waals surface area contributed by atoms with Crippen molar-refractivity contribution < 1.29 is 19.5 Å². The van der Waals surface area contributed by atoms with Gasteiger partial charge in [0.25, 0.3) is 0 Å². The van der Waals surface area contributed by atoms with Crippen LogP contribution in [-0.2, 0) is 4.74 Å². The highest BCUT2D eigenvalue weighted by Crippen LogP contribution is 2.27. The van der Waals surface area contributed by atoms with Crippen LogP contribution < -0.4 is 9.64 Å². The summed E-state index contributed by atoms with van der Waals surface area (Å²) >= 11 is 0. The van der Waals surface area contributed by atoms with Crippen LogP contribution in [0.1, 0.15) is 44.7 Å². The Hall–Kier alpha value is -1.10. The van der Waals surface area contributed by atoms with Crippen molar-refractivity contribution >= 4 is 0 Å². The predicted octanol–water partition coefficient (Wildman–Crippen LogP) is 1.55. The lowest BCUT2D eigenvalue weighted by molar-refractivity contribution is -0.918. The summed E-state index contributed by atoms with van der Waals surface area (Å²) in [6.07, 6.45) is 0.0559. The number of quaternary nitrogens is 1. The van der Waals surface area contributed by atoms with Crippen LogP contribution in [0.3, 0.4) is 0 Å². The Morgan fingerprint density at radius 2 is 1.91 bits per heavy atom. The normalized spacial score (nSPS) is 26.3. The van der Waals surface area contributed by atoms with Gasteiger partial charge in [-0.25, -0.2) is 0 Å². The molecule has 2 N–H and O–H groups in total. The molecule has 0 saturated carbocycles. The first-order valence-electron chi connectivity index (χ1n) is 8.75. The minimum absolute atomic E-state index is 0.256. The maximum absolute atomic E-state index is 10.3. The molecule has 1 heterocycles. The zero-order valence-corrected chi connectivity index (χ0v) is 15.1. The van der Waals surface area contributed by atoms with Crippen LogP contribution in [0.25, 0.3) is 0 Å². The topological polar surface area (TPSA) is 43.1 Å². The molecular weight excluding hydrogens is 290 g/mol. The number of hydrogen-bond donors (Lipinski definition) is 2. The van der Waals surface area contributed by atoms with Gasteiger partial charge in [-0.1, -0.05) is 26.0 Å². The Bertz CT molecular complexity index is 493. The van der Waals surface area contributed by atoms with Crippen molar-refractivity contribution in [2.45, 2.75) is 58.8 Å². The highest BCUT2D eigenvalue weighted by Gasteiger charge is 2.27. The molecule has 1 saturated heterocycles. The van der Waals surface area contributed by atoms with Crippen molar-refractivity contribution in [3.8, 4) is 5.75 Å². The lowest BCUT2D eigenvalue weighted by atomic mass is 10.0. The number of nitrogens with one attached hydrogen (secondary N) is 1. The van der Waals surface area contributed by atoms with Crippen LogP contribution >= 0.6 is 0 Å². The molecule has 0 bridgehead atoms. The lowest BCUT2D eigenvalue weighted by Crippen LogP contribution is -3.16. The zero-order valence-electron chi connectivity index (χ0n) is 15.1. The molecule has 4 atom stereocenters. The van der Waals surface area contributed by atoms with E-state index in [2.05, 4.69) is 52.8 Å². The summed E-state index contributed by atoms with van der Waals surface area (Å²) < 4.78 is 11.7. The van der Waals surface area contributed by atoms with E-state index in [1.165, 1.54) is 16.0 Å². The van der Waals surface area contributed by atoms with E-state index in [9.17, 15) is 5.11 Å². The third kappa shape index (κ3) is 5.48. The monoisotopic (exact) mass is 322 g/mol. The molecule has 1 fully saturated rings. The van der Waals surface area contributed by atoms with E-state index < -0.39 is 6.10 Å². The number of hydrogen-bond acceptors (Lipinski definition) is 3. The van der Waals surface area contributed by atoms with E-state index >= 15 is 0 Å². The van der Waals surface area contributed by atoms with Gasteiger partial charge in [-0.2, -0.15) is 0 Å². The van der Waals surface area contributed by atoms with Gasteiger partial charge in [0.05, 0.1) is 0 Å². The molecule has 1 aromatic rings. The predicted molar refractivity (Wildman–Crippen MR) is 92.3 cm³/mol. The fourth-order valence-corrected chi connectivity index (χ4v) is 3.38. The van der Waals surface area contributed by atoms with Crippen LogP contribution in [-0.4, -0.2) is 49.7 Å². The third-order valence-electron chi connectivity index (χ3n) is 4.36. The summed E-state index contributed by atoms with van der Waals surface area (Å²) in [6, 6.07) is 6.30. The number of aliphatic hydroxyl groups excluding tert-OH is 1. The summed E-state index contributed by atoms with van der Waals surface area (Å²) in [5.74, 6) is 1.31. The fraction of sp³-hybridized carbons (Fsp3) is 0.684. The second kappa shape index (κ2) is 8.13. The van der Waals surface area contributed by atoms with Gasteiger partial charge in [0.1, 0.15) is 50.3 Å². The van der Waals surface area contributed by atoms with Crippen molar-refractivity contribution in [1.82, 2.24) is 0 Å². The number of benzene rings is 1. The molecule has 130 valence electrons. The van der Waals surface area contributed by atoms with Crippen LogP contribution in [0.5, 0.6) is 5.75 Å². The first kappa shape index (κ1) is 18.2. The zero-order chi connectivity index (χ0) is 17.0. The number of ether oxygens (including phenoxy) is 2. The van der Waals surface area contributed by atoms with Gasteiger partial charge in [-0.15, -0.1) is 0 Å². The first-order chi connectivity index (χ1) is 10.8. The van der Waals surface area contributed by atoms with Gasteiger partial charge in [0, 0.05) is 0 Å². The Kier molecular flexibility index (Phi) is 6.45. The second-order valence-electron chi connectivity index (χ2n) is 7.28. The van der Waals surface area contributed by atoms with E-state index in [1.54, 1.807) is 0 Å². The molecule has 4 nitrogen and oxygen atoms in total. The van der Waals surface area contributed by atoms with Crippen molar-refractivity contribution in [2.24, 2.45) is 0 Å². The standard InChI is InChI=1S/C19H31NO3/c1-13(2)18-7-6-14(3)8-19(18)22-12-17(21)11-20-9-15(4)23-16(5)10-20/h6-8,13,15-17,21H,9-12H2,1-5H3/p+1/t15-,16+,17-/m1/s1. The molecule has 1 aliphatic rings. The minimum Gasteiger partial charge on any atom is -0.490 e. The summed E-state index contributed by atoms with van der Waals surface area (Å²) in [6.45, 7) is 13.5. The summed E-state index contributed by atoms with van der Waals surface area (Å²) in [5, 5.41) is 10.3. The van der Waals surface area contributed by atoms with E-state index in [0.29, 0.717) is 19.1 Å². The van der Waals surface area contributed by atoms with Gasteiger partial charge in [0.2, 0.25) is 0 Å². The fourth-order valence-electron chi connectivity index (χ4n) is 3.38. The number of aliphatic hydroxyl groups is 1. The molecule has 0 amide bonds. The average molecular weight is 322 g/mol. The number of aryl methyl sites for hydroxylation is 1. The van der Waals surface area contributed by atoms with Crippen molar-refractivity contribution in [2.75, 3.05) is 26.2 Å². The van der Waals surface area contributed by atoms with Gasteiger partial charge >= 0.3 is 0 Å². The summed E-state index contributed by atoms with van der Waals surface area (Å²) in [7, 11) is 0. The van der Waals surface area contributed by atoms with Crippen molar-refractivity contribution in [3.05, 3.63) is 29.3 Å². The molecule has 1 aromatic carbocycles. The van der Waals surface area contributed by atoms with E-state index in [-0.39, 0.29) is 12.2 Å². The minimum atomic E-state index is -0.456. The van der Waals surface area contributed by atoms with Crippen LogP contribution in [0, 0.1) is 6.92 Å². The van der Waals surface area contributed by atoms with E-state index in [1.807, 2.05) is 0 Å². The SMILES string of the molecule is Cc1ccc(C(C)C)c(OC[C@H](O)C[NH+]2C[C@@H](C)O[C@@H](C)C2)c1. The quantitative estimate of drug-likeness (QED) is 0.835. The molecule has 4 heteroatoms. The lowest BCUT2D eigenvalue weighted by Gasteiger charge is -2.33. The van der Waals surface area contributed by atoms with Gasteiger partial charge < -0.3 is 19.5 Å². The molecule has 0 radical (unpaired) electrons. The molecule has 0 aliphatic carbocycles. The molecule has 2 rings (SSSR count). The van der Waals surface area contributed by atoms with Crippen LogP contribution in [0.15, 0.2) is 18.2 Å². The first-order valence-corrected chi connectivity index (χ1v) is 8.75. The summed E-state index contributed by atoms with van der Waals surface area (Å²) in [5.41, 5.74) is 2.38. The molecule has 1 aliphatic heterocycles. The number of rotatable bonds is 6. The summed E-state index contributed by atoms with van der Waals surface area (Å²) in [4.78, 5) is 1.39. The Morgan fingerprint density at radius 3 is 2.52 bits per heavy atom. The van der Waals surface area contributed by atoms with E-state index in [4.69, 9.17) is 9.47 Å². The van der Waals surface area contributed by atoms with Gasteiger partial charge in [-0.3, -0.25) is 0 Å². The maximum Gasteiger partial charge on any atom is 0.137 e. The van der Waals surface area contributed by atoms with Gasteiger partial charge in [0.15, 0.2) is 0 Å². The van der Waals surface area contributed by atoms with Crippen molar-refractivity contribution in [1.29, 1.82) is 0 Å². The van der Waals surface area contributed by atoms with Crippen molar-refractivity contribution in [3.63, 3.8) is 0 Å².